The van der Waals surface area contributed by atoms with Gasteiger partial charge in [0, 0.05) is 30.4 Å². The average Bonchev–Trinajstić information content (AvgIpc) is 2.66. The Labute approximate surface area is 197 Å². The summed E-state index contributed by atoms with van der Waals surface area (Å²) in [7, 11) is 8.12. The number of hydrogen-bond acceptors (Lipinski definition) is 6. The zero-order valence-corrected chi connectivity index (χ0v) is 20.4. The number of aromatic nitrogens is 2. The molecule has 0 aliphatic rings. The summed E-state index contributed by atoms with van der Waals surface area (Å²) in [6.45, 7) is 4.96. The highest BCUT2D eigenvalue weighted by atomic mass is 35.5. The molecule has 3 aromatic rings. The van der Waals surface area contributed by atoms with E-state index in [2.05, 4.69) is 44.0 Å². The maximum Gasteiger partial charge on any atom is 0.217 e. The second kappa shape index (κ2) is 12.7. The molecule has 0 fully saturated rings. The Balaban J connectivity index is 0.00000240. The first-order valence-corrected chi connectivity index (χ1v) is 9.85. The third-order valence-electron chi connectivity index (χ3n) is 4.50. The van der Waals surface area contributed by atoms with E-state index in [0.717, 1.165) is 40.9 Å². The van der Waals surface area contributed by atoms with Gasteiger partial charge in [0.1, 0.15) is 19.0 Å². The largest absolute Gasteiger partial charge is 0.492 e. The van der Waals surface area contributed by atoms with Crippen molar-refractivity contribution in [1.82, 2.24) is 19.8 Å². The summed E-state index contributed by atoms with van der Waals surface area (Å²) in [5, 5.41) is 2.26. The van der Waals surface area contributed by atoms with E-state index < -0.39 is 0 Å². The molecule has 0 aliphatic carbocycles. The first-order chi connectivity index (χ1) is 13.9. The van der Waals surface area contributed by atoms with E-state index in [-0.39, 0.29) is 24.8 Å². The highest BCUT2D eigenvalue weighted by Gasteiger charge is 2.08. The third kappa shape index (κ3) is 8.15. The molecule has 0 amide bonds. The summed E-state index contributed by atoms with van der Waals surface area (Å²) in [6.07, 6.45) is 0. The minimum atomic E-state index is 0. The zero-order chi connectivity index (χ0) is 20.8. The summed E-state index contributed by atoms with van der Waals surface area (Å²) in [6, 6.07) is 14.3. The Morgan fingerprint density at radius 2 is 1.35 bits per heavy atom. The van der Waals surface area contributed by atoms with Gasteiger partial charge in [-0.25, -0.2) is 4.98 Å². The van der Waals surface area contributed by atoms with Gasteiger partial charge in [0.05, 0.1) is 0 Å². The van der Waals surface area contributed by atoms with Crippen molar-refractivity contribution < 1.29 is 9.47 Å². The molecule has 170 valence electrons. The standard InChI is InChI=1S/C23H30N4O2.2ClH/c1-17-14-22(29-13-11-27(4)5)25-23(24-17)20-7-6-19-16-21(9-8-18(19)15-20)28-12-10-26(2)3;;/h6-9,14-16H,10-13H2,1-5H3;2*1H. The van der Waals surface area contributed by atoms with Crippen LogP contribution >= 0.6 is 24.8 Å². The van der Waals surface area contributed by atoms with E-state index in [4.69, 9.17) is 9.47 Å². The van der Waals surface area contributed by atoms with Crippen molar-refractivity contribution in [3.63, 3.8) is 0 Å². The fourth-order valence-corrected chi connectivity index (χ4v) is 2.87. The van der Waals surface area contributed by atoms with Gasteiger partial charge in [-0.1, -0.05) is 18.2 Å². The summed E-state index contributed by atoms with van der Waals surface area (Å²) < 4.78 is 11.6. The zero-order valence-electron chi connectivity index (χ0n) is 18.8. The van der Waals surface area contributed by atoms with Crippen molar-refractivity contribution in [2.45, 2.75) is 6.92 Å². The van der Waals surface area contributed by atoms with Crippen LogP contribution in [0.5, 0.6) is 11.6 Å². The summed E-state index contributed by atoms with van der Waals surface area (Å²) in [5.74, 6) is 2.17. The van der Waals surface area contributed by atoms with Crippen molar-refractivity contribution in [1.29, 1.82) is 0 Å². The van der Waals surface area contributed by atoms with Gasteiger partial charge in [-0.2, -0.15) is 4.98 Å². The molecule has 0 N–H and O–H groups in total. The molecule has 31 heavy (non-hydrogen) atoms. The quantitative estimate of drug-likeness (QED) is 0.467. The van der Waals surface area contributed by atoms with Crippen molar-refractivity contribution in [2.75, 3.05) is 54.5 Å². The van der Waals surface area contributed by atoms with E-state index in [1.807, 2.05) is 53.3 Å². The van der Waals surface area contributed by atoms with E-state index >= 15 is 0 Å². The lowest BCUT2D eigenvalue weighted by molar-refractivity contribution is 0.253. The van der Waals surface area contributed by atoms with Crippen LogP contribution in [0, 0.1) is 6.92 Å². The topological polar surface area (TPSA) is 50.7 Å². The average molecular weight is 467 g/mol. The van der Waals surface area contributed by atoms with Crippen molar-refractivity contribution in [3.05, 3.63) is 48.2 Å². The van der Waals surface area contributed by atoms with Crippen LogP contribution in [0.2, 0.25) is 0 Å². The maximum atomic E-state index is 5.84. The lowest BCUT2D eigenvalue weighted by Crippen LogP contribution is -2.19. The molecule has 0 unspecified atom stereocenters. The van der Waals surface area contributed by atoms with Gasteiger partial charge < -0.3 is 19.3 Å². The Bertz CT molecular complexity index is 967. The third-order valence-corrected chi connectivity index (χ3v) is 4.50. The molecule has 8 heteroatoms. The lowest BCUT2D eigenvalue weighted by atomic mass is 10.1. The normalized spacial score (nSPS) is 10.7. The molecule has 0 radical (unpaired) electrons. The van der Waals surface area contributed by atoms with Crippen LogP contribution in [0.1, 0.15) is 5.69 Å². The molecule has 2 aromatic carbocycles. The molecule has 0 bridgehead atoms. The highest BCUT2D eigenvalue weighted by Crippen LogP contribution is 2.26. The number of hydrogen-bond donors (Lipinski definition) is 0. The van der Waals surface area contributed by atoms with E-state index in [0.29, 0.717) is 24.9 Å². The number of fused-ring (bicyclic) bond motifs is 1. The first-order valence-electron chi connectivity index (χ1n) is 9.85. The number of likely N-dealkylation sites (N-methyl/N-ethyl adjacent to an activating group) is 2. The van der Waals surface area contributed by atoms with Gasteiger partial charge in [0.15, 0.2) is 5.82 Å². The van der Waals surface area contributed by atoms with Crippen molar-refractivity contribution >= 4 is 35.6 Å². The molecular formula is C23H32Cl2N4O2. The van der Waals surface area contributed by atoms with Crippen LogP contribution in [0.15, 0.2) is 42.5 Å². The number of halogens is 2. The van der Waals surface area contributed by atoms with Crippen LogP contribution in [-0.4, -0.2) is 74.3 Å². The fraction of sp³-hybridized carbons (Fsp3) is 0.391. The number of rotatable bonds is 9. The van der Waals surface area contributed by atoms with Gasteiger partial charge in [0.25, 0.3) is 0 Å². The second-order valence-electron chi connectivity index (χ2n) is 7.70. The number of nitrogens with zero attached hydrogens (tertiary/aromatic N) is 4. The summed E-state index contributed by atoms with van der Waals surface area (Å²) in [4.78, 5) is 13.4. The molecule has 0 spiro atoms. The second-order valence-corrected chi connectivity index (χ2v) is 7.70. The molecule has 0 aliphatic heterocycles. The van der Waals surface area contributed by atoms with Gasteiger partial charge in [-0.3, -0.25) is 0 Å². The van der Waals surface area contributed by atoms with Crippen molar-refractivity contribution in [2.24, 2.45) is 0 Å². The van der Waals surface area contributed by atoms with Gasteiger partial charge >= 0.3 is 0 Å². The van der Waals surface area contributed by atoms with Crippen LogP contribution in [0.4, 0.5) is 0 Å². The monoisotopic (exact) mass is 466 g/mol. The minimum absolute atomic E-state index is 0. The minimum Gasteiger partial charge on any atom is -0.492 e. The SMILES string of the molecule is Cc1cc(OCCN(C)C)nc(-c2ccc3cc(OCCN(C)C)ccc3c2)n1.Cl.Cl. The van der Waals surface area contributed by atoms with Crippen LogP contribution in [0.3, 0.4) is 0 Å². The Kier molecular flexibility index (Phi) is 11.0. The number of benzene rings is 2. The lowest BCUT2D eigenvalue weighted by Gasteiger charge is -2.12. The molecule has 1 aromatic heterocycles. The molecule has 6 nitrogen and oxygen atoms in total. The predicted molar refractivity (Wildman–Crippen MR) is 132 cm³/mol. The molecule has 0 saturated carbocycles. The van der Waals surface area contributed by atoms with Gasteiger partial charge in [-0.05, 0) is 64.1 Å². The smallest absolute Gasteiger partial charge is 0.217 e. The molecule has 0 saturated heterocycles. The number of ether oxygens (including phenoxy) is 2. The predicted octanol–water partition coefficient (Wildman–Crippen LogP) is 4.33. The molecular weight excluding hydrogens is 435 g/mol. The summed E-state index contributed by atoms with van der Waals surface area (Å²) in [5.41, 5.74) is 1.86. The maximum absolute atomic E-state index is 5.84. The molecule has 0 atom stereocenters. The number of aryl methyl sites for hydroxylation is 1. The van der Waals surface area contributed by atoms with Crippen LogP contribution < -0.4 is 9.47 Å². The van der Waals surface area contributed by atoms with Gasteiger partial charge in [-0.15, -0.1) is 24.8 Å². The van der Waals surface area contributed by atoms with Crippen LogP contribution in [-0.2, 0) is 0 Å². The van der Waals surface area contributed by atoms with Crippen LogP contribution in [0.25, 0.3) is 22.2 Å². The van der Waals surface area contributed by atoms with Gasteiger partial charge in [0.2, 0.25) is 5.88 Å². The molecule has 3 rings (SSSR count). The van der Waals surface area contributed by atoms with E-state index in [1.54, 1.807) is 0 Å². The fourth-order valence-electron chi connectivity index (χ4n) is 2.87. The highest BCUT2D eigenvalue weighted by molar-refractivity contribution is 5.87. The van der Waals surface area contributed by atoms with E-state index in [9.17, 15) is 0 Å². The first kappa shape index (κ1) is 26.9. The van der Waals surface area contributed by atoms with Crippen molar-refractivity contribution in [3.8, 4) is 23.0 Å². The molecule has 1 heterocycles. The summed E-state index contributed by atoms with van der Waals surface area (Å²) >= 11 is 0. The Morgan fingerprint density at radius 3 is 2.03 bits per heavy atom. The van der Waals surface area contributed by atoms with E-state index in [1.165, 1.54) is 0 Å². The Hall–Kier alpha value is -2.12. The Morgan fingerprint density at radius 1 is 0.742 bits per heavy atom.